The van der Waals surface area contributed by atoms with E-state index in [1.165, 1.54) is 17.7 Å². The first kappa shape index (κ1) is 24.7. The van der Waals surface area contributed by atoms with E-state index in [0.717, 1.165) is 30.8 Å². The predicted octanol–water partition coefficient (Wildman–Crippen LogP) is 6.54. The summed E-state index contributed by atoms with van der Waals surface area (Å²) in [7, 11) is 1.86. The van der Waals surface area contributed by atoms with Gasteiger partial charge in [-0.2, -0.15) is 0 Å². The highest BCUT2D eigenvalue weighted by Crippen LogP contribution is 2.36. The van der Waals surface area contributed by atoms with Gasteiger partial charge in [0.15, 0.2) is 0 Å². The molecule has 0 N–H and O–H groups in total. The number of benzene rings is 3. The molecule has 0 aliphatic carbocycles. The van der Waals surface area contributed by atoms with Gasteiger partial charge in [0.1, 0.15) is 5.82 Å². The number of carbonyl (C=O) groups excluding carboxylic acids is 1. The first-order valence-corrected chi connectivity index (χ1v) is 12.2. The Kier molecular flexibility index (Phi) is 7.32. The average Bonchev–Trinajstić information content (AvgIpc) is 3.22. The molecule has 6 heteroatoms. The third-order valence-corrected chi connectivity index (χ3v) is 7.28. The summed E-state index contributed by atoms with van der Waals surface area (Å²) in [5, 5.41) is 1.01. The standard InChI is InChI=1S/C28H29Cl2FN2O/c1-28(2,21-13-22(29)15-23(30)14-21)27(34)32(3)26-18-33(16-19-7-5-4-6-8-19)17-25(26)20-9-11-24(31)12-10-20/h4-15,25-26H,16-18H2,1-3H3/t25-,26-/m0/s1. The smallest absolute Gasteiger partial charge is 0.232 e. The first-order chi connectivity index (χ1) is 16.1. The molecule has 34 heavy (non-hydrogen) atoms. The molecule has 1 amide bonds. The maximum Gasteiger partial charge on any atom is 0.232 e. The van der Waals surface area contributed by atoms with Gasteiger partial charge >= 0.3 is 0 Å². The van der Waals surface area contributed by atoms with E-state index in [-0.39, 0.29) is 23.7 Å². The van der Waals surface area contributed by atoms with Crippen molar-refractivity contribution in [3.63, 3.8) is 0 Å². The van der Waals surface area contributed by atoms with E-state index in [2.05, 4.69) is 17.0 Å². The third-order valence-electron chi connectivity index (χ3n) is 6.85. The second-order valence-electron chi connectivity index (χ2n) is 9.60. The lowest BCUT2D eigenvalue weighted by atomic mass is 9.82. The Morgan fingerprint density at radius 3 is 2.24 bits per heavy atom. The lowest BCUT2D eigenvalue weighted by Crippen LogP contribution is -2.48. The summed E-state index contributed by atoms with van der Waals surface area (Å²) in [6.45, 7) is 6.11. The van der Waals surface area contributed by atoms with Crippen LogP contribution >= 0.6 is 23.2 Å². The van der Waals surface area contributed by atoms with Crippen LogP contribution in [0.5, 0.6) is 0 Å². The zero-order valence-electron chi connectivity index (χ0n) is 19.6. The molecule has 4 rings (SSSR count). The Balaban J connectivity index is 1.62. The lowest BCUT2D eigenvalue weighted by molar-refractivity contribution is -0.137. The number of halogens is 3. The molecule has 178 valence electrons. The van der Waals surface area contributed by atoms with Gasteiger partial charge in [0.2, 0.25) is 5.91 Å². The molecule has 3 nitrogen and oxygen atoms in total. The van der Waals surface area contributed by atoms with Crippen molar-refractivity contribution in [2.45, 2.75) is 37.8 Å². The lowest BCUT2D eigenvalue weighted by Gasteiger charge is -2.36. The van der Waals surface area contributed by atoms with Crippen molar-refractivity contribution in [3.05, 3.63) is 105 Å². The van der Waals surface area contributed by atoms with E-state index in [0.29, 0.717) is 10.0 Å². The van der Waals surface area contributed by atoms with Gasteiger partial charge in [-0.05, 0) is 60.9 Å². The minimum Gasteiger partial charge on any atom is -0.340 e. The fourth-order valence-corrected chi connectivity index (χ4v) is 5.42. The highest BCUT2D eigenvalue weighted by molar-refractivity contribution is 6.34. The summed E-state index contributed by atoms with van der Waals surface area (Å²) in [6, 6.07) is 22.2. The van der Waals surface area contributed by atoms with Crippen molar-refractivity contribution in [1.82, 2.24) is 9.80 Å². The van der Waals surface area contributed by atoms with Crippen molar-refractivity contribution in [2.24, 2.45) is 0 Å². The molecule has 0 unspecified atom stereocenters. The second kappa shape index (κ2) is 10.1. The molecule has 3 aromatic rings. The number of amides is 1. The zero-order chi connectivity index (χ0) is 24.5. The highest BCUT2D eigenvalue weighted by atomic mass is 35.5. The van der Waals surface area contributed by atoms with Crippen molar-refractivity contribution in [3.8, 4) is 0 Å². The van der Waals surface area contributed by atoms with Crippen LogP contribution in [0, 0.1) is 5.82 Å². The molecular formula is C28H29Cl2FN2O. The predicted molar refractivity (Wildman–Crippen MR) is 137 cm³/mol. The highest BCUT2D eigenvalue weighted by Gasteiger charge is 2.42. The number of rotatable bonds is 6. The molecule has 1 fully saturated rings. The summed E-state index contributed by atoms with van der Waals surface area (Å²) >= 11 is 12.5. The van der Waals surface area contributed by atoms with Crippen molar-refractivity contribution < 1.29 is 9.18 Å². The van der Waals surface area contributed by atoms with E-state index in [1.54, 1.807) is 18.2 Å². The molecule has 2 atom stereocenters. The molecule has 3 aromatic carbocycles. The van der Waals surface area contributed by atoms with Crippen LogP contribution in [0.4, 0.5) is 4.39 Å². The molecule has 1 aliphatic heterocycles. The topological polar surface area (TPSA) is 23.6 Å². The monoisotopic (exact) mass is 498 g/mol. The van der Waals surface area contributed by atoms with E-state index in [9.17, 15) is 9.18 Å². The van der Waals surface area contributed by atoms with E-state index in [1.807, 2.05) is 56.1 Å². The van der Waals surface area contributed by atoms with Crippen LogP contribution in [0.25, 0.3) is 0 Å². The minimum absolute atomic E-state index is 0.00972. The van der Waals surface area contributed by atoms with Gasteiger partial charge in [-0.3, -0.25) is 9.69 Å². The van der Waals surface area contributed by atoms with Gasteiger partial charge in [-0.1, -0.05) is 65.7 Å². The van der Waals surface area contributed by atoms with Crippen molar-refractivity contribution in [1.29, 1.82) is 0 Å². The number of likely N-dealkylation sites (tertiary alicyclic amines) is 1. The summed E-state index contributed by atoms with van der Waals surface area (Å²) in [4.78, 5) is 18.0. The molecule has 0 aromatic heterocycles. The van der Waals surface area contributed by atoms with Crippen LogP contribution in [0.1, 0.15) is 36.5 Å². The van der Waals surface area contributed by atoms with E-state index >= 15 is 0 Å². The molecule has 0 bridgehead atoms. The molecule has 0 saturated carbocycles. The van der Waals surface area contributed by atoms with Crippen molar-refractivity contribution >= 4 is 29.1 Å². The number of hydrogen-bond donors (Lipinski definition) is 0. The van der Waals surface area contributed by atoms with Gasteiger partial charge in [-0.25, -0.2) is 4.39 Å². The van der Waals surface area contributed by atoms with Crippen LogP contribution < -0.4 is 0 Å². The van der Waals surface area contributed by atoms with Crippen molar-refractivity contribution in [2.75, 3.05) is 20.1 Å². The van der Waals surface area contributed by atoms with Gasteiger partial charge in [0, 0.05) is 42.6 Å². The van der Waals surface area contributed by atoms with Crippen LogP contribution in [-0.2, 0) is 16.8 Å². The average molecular weight is 499 g/mol. The van der Waals surface area contributed by atoms with Gasteiger partial charge < -0.3 is 4.90 Å². The van der Waals surface area contributed by atoms with Gasteiger partial charge in [0.05, 0.1) is 11.5 Å². The minimum atomic E-state index is -0.816. The number of nitrogens with zero attached hydrogens (tertiary/aromatic N) is 2. The largest absolute Gasteiger partial charge is 0.340 e. The number of likely N-dealkylation sites (N-methyl/N-ethyl adjacent to an activating group) is 1. The second-order valence-corrected chi connectivity index (χ2v) is 10.5. The summed E-state index contributed by atoms with van der Waals surface area (Å²) in [5.74, 6) is -0.204. The molecule has 1 heterocycles. The molecule has 0 radical (unpaired) electrons. The van der Waals surface area contributed by atoms with Crippen LogP contribution in [-0.4, -0.2) is 41.9 Å². The Bertz CT molecular complexity index is 1130. The fraction of sp³-hybridized carbons (Fsp3) is 0.321. The van der Waals surface area contributed by atoms with Crippen LogP contribution in [0.15, 0.2) is 72.8 Å². The Hall–Kier alpha value is -2.40. The zero-order valence-corrected chi connectivity index (χ0v) is 21.2. The van der Waals surface area contributed by atoms with Gasteiger partial charge in [0.25, 0.3) is 0 Å². The Morgan fingerprint density at radius 2 is 1.62 bits per heavy atom. The van der Waals surface area contributed by atoms with Gasteiger partial charge in [-0.15, -0.1) is 0 Å². The SMILES string of the molecule is CN(C(=O)C(C)(C)c1cc(Cl)cc(Cl)c1)[C@H]1CN(Cc2ccccc2)C[C@H]1c1ccc(F)cc1. The summed E-state index contributed by atoms with van der Waals surface area (Å²) < 4.78 is 13.6. The molecule has 1 aliphatic rings. The van der Waals surface area contributed by atoms with Crippen LogP contribution in [0.3, 0.4) is 0 Å². The van der Waals surface area contributed by atoms with E-state index in [4.69, 9.17) is 23.2 Å². The van der Waals surface area contributed by atoms with E-state index < -0.39 is 5.41 Å². The first-order valence-electron chi connectivity index (χ1n) is 11.4. The molecule has 0 spiro atoms. The molecular weight excluding hydrogens is 470 g/mol. The quantitative estimate of drug-likeness (QED) is 0.385. The third kappa shape index (κ3) is 5.30. The number of hydrogen-bond acceptors (Lipinski definition) is 2. The fourth-order valence-electron chi connectivity index (χ4n) is 4.90. The normalized spacial score (nSPS) is 18.8. The summed E-state index contributed by atoms with van der Waals surface area (Å²) in [5.41, 5.74) is 2.22. The number of carbonyl (C=O) groups is 1. The summed E-state index contributed by atoms with van der Waals surface area (Å²) in [6.07, 6.45) is 0. The Labute approximate surface area is 211 Å². The maximum atomic E-state index is 13.8. The van der Waals surface area contributed by atoms with Crippen LogP contribution in [0.2, 0.25) is 10.0 Å². The Morgan fingerprint density at radius 1 is 1.00 bits per heavy atom. The maximum absolute atomic E-state index is 13.8. The molecule has 1 saturated heterocycles.